The molecule has 0 aliphatic carbocycles. The molecule has 0 fully saturated rings. The zero-order valence-corrected chi connectivity index (χ0v) is 14.3. The van der Waals surface area contributed by atoms with Crippen LogP contribution in [0.5, 0.6) is 0 Å². The van der Waals surface area contributed by atoms with Crippen LogP contribution in [0.15, 0.2) is 41.6 Å². The van der Waals surface area contributed by atoms with Crippen molar-refractivity contribution >= 4 is 23.6 Å². The number of rotatable bonds is 7. The summed E-state index contributed by atoms with van der Waals surface area (Å²) in [5, 5.41) is 12.4. The second kappa shape index (κ2) is 8.44. The predicted molar refractivity (Wildman–Crippen MR) is 91.9 cm³/mol. The van der Waals surface area contributed by atoms with Gasteiger partial charge in [-0.05, 0) is 25.5 Å². The lowest BCUT2D eigenvalue weighted by atomic mass is 10.1. The Balaban J connectivity index is 1.92. The number of hydrogen-bond acceptors (Lipinski definition) is 5. The molecular weight excluding hydrogens is 326 g/mol. The second-order valence-electron chi connectivity index (χ2n) is 5.37. The van der Waals surface area contributed by atoms with E-state index in [9.17, 15) is 14.7 Å². The minimum atomic E-state index is -1.06. The Kier molecular flexibility index (Phi) is 6.31. The van der Waals surface area contributed by atoms with Crippen molar-refractivity contribution in [3.63, 3.8) is 0 Å². The standard InChI is InChI=1S/C17H19N3O3S/c1-11-8-12(2)19-17(18-11)24-10-15(21)20-14(16(22)23)9-13-6-4-3-5-7-13/h3-8,14H,9-10H2,1-2H3,(H,20,21)(H,22,23)/t14-/m0/s1. The number of carboxylic acid groups (broad SMARTS) is 1. The quantitative estimate of drug-likeness (QED) is 0.589. The van der Waals surface area contributed by atoms with E-state index in [4.69, 9.17) is 0 Å². The zero-order valence-electron chi connectivity index (χ0n) is 13.5. The van der Waals surface area contributed by atoms with Gasteiger partial charge in [0, 0.05) is 17.8 Å². The second-order valence-corrected chi connectivity index (χ2v) is 6.31. The highest BCUT2D eigenvalue weighted by Gasteiger charge is 2.20. The van der Waals surface area contributed by atoms with Gasteiger partial charge < -0.3 is 10.4 Å². The van der Waals surface area contributed by atoms with Crippen LogP contribution in [-0.4, -0.2) is 38.7 Å². The fraction of sp³-hybridized carbons (Fsp3) is 0.294. The number of amides is 1. The molecule has 0 spiro atoms. The lowest BCUT2D eigenvalue weighted by Crippen LogP contribution is -2.43. The van der Waals surface area contributed by atoms with E-state index < -0.39 is 12.0 Å². The zero-order chi connectivity index (χ0) is 17.5. The normalized spacial score (nSPS) is 11.8. The van der Waals surface area contributed by atoms with Gasteiger partial charge in [0.25, 0.3) is 0 Å². The number of carbonyl (C=O) groups excluding carboxylic acids is 1. The number of nitrogens with one attached hydrogen (secondary N) is 1. The van der Waals surface area contributed by atoms with E-state index in [2.05, 4.69) is 15.3 Å². The van der Waals surface area contributed by atoms with E-state index in [1.54, 1.807) is 0 Å². The van der Waals surface area contributed by atoms with Gasteiger partial charge >= 0.3 is 5.97 Å². The van der Waals surface area contributed by atoms with Gasteiger partial charge in [0.15, 0.2) is 5.16 Å². The third-order valence-corrected chi connectivity index (χ3v) is 4.06. The molecule has 2 aromatic rings. The van der Waals surface area contributed by atoms with Crippen LogP contribution < -0.4 is 5.32 Å². The third-order valence-electron chi connectivity index (χ3n) is 3.21. The van der Waals surface area contributed by atoms with Gasteiger partial charge in [0.1, 0.15) is 6.04 Å². The molecule has 2 rings (SSSR count). The minimum Gasteiger partial charge on any atom is -0.480 e. The largest absolute Gasteiger partial charge is 0.480 e. The van der Waals surface area contributed by atoms with E-state index in [1.807, 2.05) is 50.2 Å². The molecule has 126 valence electrons. The molecule has 2 N–H and O–H groups in total. The average Bonchev–Trinajstić information content (AvgIpc) is 2.52. The van der Waals surface area contributed by atoms with Crippen LogP contribution in [-0.2, 0) is 16.0 Å². The number of carbonyl (C=O) groups is 2. The maximum atomic E-state index is 12.0. The Morgan fingerprint density at radius 3 is 2.38 bits per heavy atom. The summed E-state index contributed by atoms with van der Waals surface area (Å²) >= 11 is 1.19. The Labute approximate surface area is 144 Å². The monoisotopic (exact) mass is 345 g/mol. The summed E-state index contributed by atoms with van der Waals surface area (Å²) in [6, 6.07) is 10.1. The van der Waals surface area contributed by atoms with Gasteiger partial charge in [0.05, 0.1) is 5.75 Å². The first-order chi connectivity index (χ1) is 11.4. The van der Waals surface area contributed by atoms with Crippen molar-refractivity contribution in [1.29, 1.82) is 0 Å². The van der Waals surface area contributed by atoms with Crippen molar-refractivity contribution in [2.75, 3.05) is 5.75 Å². The first-order valence-corrected chi connectivity index (χ1v) is 8.44. The molecule has 1 aromatic heterocycles. The van der Waals surface area contributed by atoms with Crippen LogP contribution in [0, 0.1) is 13.8 Å². The van der Waals surface area contributed by atoms with Crippen molar-refractivity contribution in [2.24, 2.45) is 0 Å². The molecule has 1 heterocycles. The molecule has 0 radical (unpaired) electrons. The topological polar surface area (TPSA) is 92.2 Å². The highest BCUT2D eigenvalue weighted by Crippen LogP contribution is 2.14. The van der Waals surface area contributed by atoms with Crippen molar-refractivity contribution in [2.45, 2.75) is 31.5 Å². The van der Waals surface area contributed by atoms with Crippen molar-refractivity contribution < 1.29 is 14.7 Å². The maximum Gasteiger partial charge on any atom is 0.326 e. The molecule has 0 saturated carbocycles. The van der Waals surface area contributed by atoms with E-state index in [0.717, 1.165) is 17.0 Å². The smallest absolute Gasteiger partial charge is 0.326 e. The van der Waals surface area contributed by atoms with Crippen molar-refractivity contribution in [1.82, 2.24) is 15.3 Å². The number of carboxylic acids is 1. The van der Waals surface area contributed by atoms with Gasteiger partial charge in [-0.15, -0.1) is 0 Å². The fourth-order valence-corrected chi connectivity index (χ4v) is 2.93. The number of aliphatic carboxylic acids is 1. The molecule has 1 amide bonds. The number of hydrogen-bond donors (Lipinski definition) is 2. The predicted octanol–water partition coefficient (Wildman–Crippen LogP) is 2.00. The molecule has 0 saturated heterocycles. The third kappa shape index (κ3) is 5.66. The van der Waals surface area contributed by atoms with Crippen LogP contribution in [0.4, 0.5) is 0 Å². The van der Waals surface area contributed by atoms with Gasteiger partial charge in [-0.1, -0.05) is 42.1 Å². The van der Waals surface area contributed by atoms with Gasteiger partial charge in [-0.3, -0.25) is 4.79 Å². The molecule has 0 aliphatic heterocycles. The minimum absolute atomic E-state index is 0.0709. The highest BCUT2D eigenvalue weighted by molar-refractivity contribution is 7.99. The van der Waals surface area contributed by atoms with E-state index in [1.165, 1.54) is 11.8 Å². The molecular formula is C17H19N3O3S. The molecule has 0 unspecified atom stereocenters. The lowest BCUT2D eigenvalue weighted by molar-refractivity contribution is -0.141. The summed E-state index contributed by atoms with van der Waals surface area (Å²) in [7, 11) is 0. The summed E-state index contributed by atoms with van der Waals surface area (Å²) in [6.07, 6.45) is 0.243. The van der Waals surface area contributed by atoms with Crippen LogP contribution in [0.25, 0.3) is 0 Å². The summed E-state index contributed by atoms with van der Waals surface area (Å²) in [5.74, 6) is -1.34. The van der Waals surface area contributed by atoms with Crippen molar-refractivity contribution in [3.05, 3.63) is 53.3 Å². The maximum absolute atomic E-state index is 12.0. The van der Waals surface area contributed by atoms with Crippen LogP contribution in [0.3, 0.4) is 0 Å². The van der Waals surface area contributed by atoms with E-state index in [0.29, 0.717) is 5.16 Å². The number of aromatic nitrogens is 2. The number of thioether (sulfide) groups is 1. The number of nitrogens with zero attached hydrogens (tertiary/aromatic N) is 2. The summed E-state index contributed by atoms with van der Waals surface area (Å²) in [4.78, 5) is 31.9. The molecule has 24 heavy (non-hydrogen) atoms. The molecule has 1 atom stereocenters. The lowest BCUT2D eigenvalue weighted by Gasteiger charge is -2.14. The SMILES string of the molecule is Cc1cc(C)nc(SCC(=O)N[C@@H](Cc2ccccc2)C(=O)O)n1. The van der Waals surface area contributed by atoms with Gasteiger partial charge in [0.2, 0.25) is 5.91 Å². The average molecular weight is 345 g/mol. The molecule has 0 aliphatic rings. The highest BCUT2D eigenvalue weighted by atomic mass is 32.2. The van der Waals surface area contributed by atoms with Crippen LogP contribution in [0.2, 0.25) is 0 Å². The Morgan fingerprint density at radius 2 is 1.79 bits per heavy atom. The number of benzene rings is 1. The molecule has 0 bridgehead atoms. The first kappa shape index (κ1) is 17.9. The van der Waals surface area contributed by atoms with Crippen molar-refractivity contribution in [3.8, 4) is 0 Å². The van der Waals surface area contributed by atoms with Crippen LogP contribution in [0.1, 0.15) is 17.0 Å². The van der Waals surface area contributed by atoms with Gasteiger partial charge in [-0.2, -0.15) is 0 Å². The fourth-order valence-electron chi connectivity index (χ4n) is 2.17. The first-order valence-electron chi connectivity index (χ1n) is 7.45. The van der Waals surface area contributed by atoms with E-state index >= 15 is 0 Å². The molecule has 1 aromatic carbocycles. The Bertz CT molecular complexity index is 702. The summed E-state index contributed by atoms with van der Waals surface area (Å²) in [6.45, 7) is 3.72. The summed E-state index contributed by atoms with van der Waals surface area (Å²) in [5.41, 5.74) is 2.52. The number of aryl methyl sites for hydroxylation is 2. The van der Waals surface area contributed by atoms with Gasteiger partial charge in [-0.25, -0.2) is 14.8 Å². The van der Waals surface area contributed by atoms with E-state index in [-0.39, 0.29) is 18.1 Å². The Hall–Kier alpha value is -2.41. The van der Waals surface area contributed by atoms with Crippen LogP contribution >= 0.6 is 11.8 Å². The molecule has 6 nitrogen and oxygen atoms in total. The Morgan fingerprint density at radius 1 is 1.17 bits per heavy atom. The summed E-state index contributed by atoms with van der Waals surface area (Å²) < 4.78 is 0. The molecule has 7 heteroatoms.